The highest BCUT2D eigenvalue weighted by molar-refractivity contribution is 6.08. The van der Waals surface area contributed by atoms with Crippen molar-refractivity contribution in [2.24, 2.45) is 0 Å². The van der Waals surface area contributed by atoms with Gasteiger partial charge in [0.1, 0.15) is 12.1 Å². The molecular formula is C19H23N3O5. The summed E-state index contributed by atoms with van der Waals surface area (Å²) in [5, 5.41) is 2.65. The van der Waals surface area contributed by atoms with Crippen molar-refractivity contribution < 1.29 is 23.9 Å². The lowest BCUT2D eigenvalue weighted by Crippen LogP contribution is -2.46. The number of esters is 1. The van der Waals surface area contributed by atoms with E-state index in [1.54, 1.807) is 18.7 Å². The van der Waals surface area contributed by atoms with E-state index in [0.29, 0.717) is 19.4 Å². The maximum Gasteiger partial charge on any atom is 0.326 e. The van der Waals surface area contributed by atoms with Crippen LogP contribution in [-0.4, -0.2) is 54.0 Å². The third-order valence-electron chi connectivity index (χ3n) is 5.29. The number of urea groups is 1. The molecule has 0 saturated carbocycles. The third-order valence-corrected chi connectivity index (χ3v) is 5.29. The predicted molar refractivity (Wildman–Crippen MR) is 97.0 cm³/mol. The van der Waals surface area contributed by atoms with Crippen molar-refractivity contribution in [3.8, 4) is 0 Å². The van der Waals surface area contributed by atoms with Crippen LogP contribution in [-0.2, 0) is 25.5 Å². The second-order valence-electron chi connectivity index (χ2n) is 6.70. The number of amides is 4. The van der Waals surface area contributed by atoms with Crippen molar-refractivity contribution in [3.63, 3.8) is 0 Å². The Labute approximate surface area is 157 Å². The van der Waals surface area contributed by atoms with Gasteiger partial charge in [0.25, 0.3) is 11.8 Å². The standard InChI is InChI=1S/C19H23N3O5/c1-3-19(4-2)17(25)22(18(26)20-19)11-16(24)27-12-15(23)21-10-9-13-7-5-6-8-14(13)21/h5-8H,3-4,9-12H2,1-2H3,(H,20,26). The molecule has 0 aliphatic carbocycles. The molecule has 1 aromatic carbocycles. The molecule has 2 aliphatic heterocycles. The smallest absolute Gasteiger partial charge is 0.326 e. The van der Waals surface area contributed by atoms with Crippen LogP contribution in [0.25, 0.3) is 0 Å². The Hall–Kier alpha value is -2.90. The molecule has 27 heavy (non-hydrogen) atoms. The molecule has 144 valence electrons. The number of anilines is 1. The van der Waals surface area contributed by atoms with E-state index in [4.69, 9.17) is 4.74 Å². The highest BCUT2D eigenvalue weighted by Gasteiger charge is 2.49. The summed E-state index contributed by atoms with van der Waals surface area (Å²) in [6.45, 7) is 3.21. The van der Waals surface area contributed by atoms with Gasteiger partial charge in [-0.3, -0.25) is 19.3 Å². The fraction of sp³-hybridized carbons (Fsp3) is 0.474. The lowest BCUT2D eigenvalue weighted by Gasteiger charge is -2.23. The molecule has 0 bridgehead atoms. The van der Waals surface area contributed by atoms with Gasteiger partial charge in [0.2, 0.25) is 0 Å². The first kappa shape index (κ1) is 18.9. The van der Waals surface area contributed by atoms with E-state index in [1.807, 2.05) is 24.3 Å². The summed E-state index contributed by atoms with van der Waals surface area (Å²) in [6.07, 6.45) is 1.63. The molecule has 1 N–H and O–H groups in total. The number of fused-ring (bicyclic) bond motifs is 1. The summed E-state index contributed by atoms with van der Waals surface area (Å²) in [5.41, 5.74) is 0.933. The van der Waals surface area contributed by atoms with Crippen LogP contribution < -0.4 is 10.2 Å². The summed E-state index contributed by atoms with van der Waals surface area (Å²) < 4.78 is 5.02. The van der Waals surface area contributed by atoms with Gasteiger partial charge >= 0.3 is 12.0 Å². The van der Waals surface area contributed by atoms with Crippen molar-refractivity contribution in [2.45, 2.75) is 38.6 Å². The number of nitrogens with zero attached hydrogens (tertiary/aromatic N) is 2. The number of benzene rings is 1. The van der Waals surface area contributed by atoms with Gasteiger partial charge in [-0.15, -0.1) is 0 Å². The number of ether oxygens (including phenoxy) is 1. The van der Waals surface area contributed by atoms with Gasteiger partial charge in [-0.05, 0) is 30.9 Å². The van der Waals surface area contributed by atoms with Crippen molar-refractivity contribution in [2.75, 3.05) is 24.6 Å². The minimum absolute atomic E-state index is 0.332. The molecule has 8 nitrogen and oxygen atoms in total. The van der Waals surface area contributed by atoms with Gasteiger partial charge in [0, 0.05) is 12.2 Å². The van der Waals surface area contributed by atoms with Gasteiger partial charge in [0.15, 0.2) is 6.61 Å². The fourth-order valence-electron chi connectivity index (χ4n) is 3.54. The van der Waals surface area contributed by atoms with Crippen molar-refractivity contribution in [1.82, 2.24) is 10.2 Å². The molecule has 1 aromatic rings. The molecule has 0 unspecified atom stereocenters. The molecule has 0 atom stereocenters. The second kappa shape index (κ2) is 7.38. The molecule has 2 heterocycles. The summed E-state index contributed by atoms with van der Waals surface area (Å²) >= 11 is 0. The molecule has 4 amide bonds. The normalized spacial score (nSPS) is 17.7. The van der Waals surface area contributed by atoms with Crippen LogP contribution in [0.4, 0.5) is 10.5 Å². The van der Waals surface area contributed by atoms with Crippen molar-refractivity contribution in [1.29, 1.82) is 0 Å². The van der Waals surface area contributed by atoms with Gasteiger partial charge in [0.05, 0.1) is 0 Å². The number of carbonyl (C=O) groups is 4. The number of carbonyl (C=O) groups excluding carboxylic acids is 4. The zero-order valence-corrected chi connectivity index (χ0v) is 15.5. The Morgan fingerprint density at radius 3 is 2.56 bits per heavy atom. The van der Waals surface area contributed by atoms with Crippen LogP contribution in [0.2, 0.25) is 0 Å². The largest absolute Gasteiger partial charge is 0.454 e. The average molecular weight is 373 g/mol. The van der Waals surface area contributed by atoms with Crippen LogP contribution in [0, 0.1) is 0 Å². The summed E-state index contributed by atoms with van der Waals surface area (Å²) in [4.78, 5) is 51.4. The summed E-state index contributed by atoms with van der Waals surface area (Å²) in [6, 6.07) is 6.96. The Bertz CT molecular complexity index is 787. The lowest BCUT2D eigenvalue weighted by molar-refractivity contribution is -0.150. The number of hydrogen-bond acceptors (Lipinski definition) is 5. The first-order chi connectivity index (χ1) is 12.9. The van der Waals surface area contributed by atoms with Crippen LogP contribution in [0.5, 0.6) is 0 Å². The van der Waals surface area contributed by atoms with Gasteiger partial charge < -0.3 is 15.0 Å². The zero-order chi connectivity index (χ0) is 19.6. The Balaban J connectivity index is 1.55. The summed E-state index contributed by atoms with van der Waals surface area (Å²) in [5.74, 6) is -1.56. The van der Waals surface area contributed by atoms with Gasteiger partial charge in [-0.2, -0.15) is 0 Å². The minimum Gasteiger partial charge on any atom is -0.454 e. The molecule has 8 heteroatoms. The van der Waals surface area contributed by atoms with E-state index >= 15 is 0 Å². The molecular weight excluding hydrogens is 350 g/mol. The van der Waals surface area contributed by atoms with E-state index in [1.165, 1.54) is 0 Å². The van der Waals surface area contributed by atoms with E-state index < -0.39 is 36.6 Å². The van der Waals surface area contributed by atoms with Crippen LogP contribution in [0.3, 0.4) is 0 Å². The molecule has 0 radical (unpaired) electrons. The highest BCUT2D eigenvalue weighted by atomic mass is 16.5. The van der Waals surface area contributed by atoms with Crippen LogP contribution in [0.1, 0.15) is 32.3 Å². The third kappa shape index (κ3) is 3.39. The van der Waals surface area contributed by atoms with Gasteiger partial charge in [-0.25, -0.2) is 4.79 Å². The first-order valence-corrected chi connectivity index (χ1v) is 9.10. The van der Waals surface area contributed by atoms with Crippen molar-refractivity contribution in [3.05, 3.63) is 29.8 Å². The summed E-state index contributed by atoms with van der Waals surface area (Å²) in [7, 11) is 0. The van der Waals surface area contributed by atoms with Crippen LogP contribution >= 0.6 is 0 Å². The number of rotatable bonds is 6. The molecule has 2 aliphatic rings. The number of imide groups is 1. The fourth-order valence-corrected chi connectivity index (χ4v) is 3.54. The molecule has 0 spiro atoms. The molecule has 3 rings (SSSR count). The Morgan fingerprint density at radius 1 is 1.19 bits per heavy atom. The Morgan fingerprint density at radius 2 is 1.89 bits per heavy atom. The number of hydrogen-bond donors (Lipinski definition) is 1. The maximum atomic E-state index is 12.5. The van der Waals surface area contributed by atoms with Crippen molar-refractivity contribution >= 4 is 29.5 Å². The monoisotopic (exact) mass is 373 g/mol. The zero-order valence-electron chi connectivity index (χ0n) is 15.5. The minimum atomic E-state index is -0.966. The average Bonchev–Trinajstić information content (AvgIpc) is 3.21. The second-order valence-corrected chi connectivity index (χ2v) is 6.70. The Kier molecular flexibility index (Phi) is 5.16. The molecule has 0 aromatic heterocycles. The van der Waals surface area contributed by atoms with E-state index in [-0.39, 0.29) is 5.91 Å². The number of para-hydroxylation sites is 1. The molecule has 1 fully saturated rings. The first-order valence-electron chi connectivity index (χ1n) is 9.10. The topological polar surface area (TPSA) is 96.0 Å². The van der Waals surface area contributed by atoms with Crippen LogP contribution in [0.15, 0.2) is 24.3 Å². The van der Waals surface area contributed by atoms with E-state index in [2.05, 4.69) is 5.32 Å². The van der Waals surface area contributed by atoms with E-state index in [9.17, 15) is 19.2 Å². The van der Waals surface area contributed by atoms with E-state index in [0.717, 1.165) is 22.6 Å². The maximum absolute atomic E-state index is 12.5. The highest BCUT2D eigenvalue weighted by Crippen LogP contribution is 2.27. The van der Waals surface area contributed by atoms with Gasteiger partial charge in [-0.1, -0.05) is 32.0 Å². The SMILES string of the molecule is CCC1(CC)NC(=O)N(CC(=O)OCC(=O)N2CCc3ccccc32)C1=O. The number of nitrogens with one attached hydrogen (secondary N) is 1. The predicted octanol–water partition coefficient (Wildman–Crippen LogP) is 1.23. The lowest BCUT2D eigenvalue weighted by atomic mass is 9.93. The quantitative estimate of drug-likeness (QED) is 0.598. The molecule has 1 saturated heterocycles.